The lowest BCUT2D eigenvalue weighted by atomic mass is 10.2. The van der Waals surface area contributed by atoms with Gasteiger partial charge in [0.05, 0.1) is 34.7 Å². The van der Waals surface area contributed by atoms with Crippen LogP contribution in [0.15, 0.2) is 58.1 Å². The largest absolute Gasteiger partial charge is 0.497 e. The molecular weight excluding hydrogens is 464 g/mol. The van der Waals surface area contributed by atoms with Crippen molar-refractivity contribution in [1.29, 1.82) is 0 Å². The van der Waals surface area contributed by atoms with E-state index in [-0.39, 0.29) is 12.5 Å². The number of aryl methyl sites for hydroxylation is 1. The molecule has 160 valence electrons. The molecule has 0 radical (unpaired) electrons. The smallest absolute Gasteiger partial charge is 0.343 e. The van der Waals surface area contributed by atoms with E-state index in [0.717, 1.165) is 15.9 Å². The summed E-state index contributed by atoms with van der Waals surface area (Å²) in [5, 5.41) is 8.27. The van der Waals surface area contributed by atoms with Gasteiger partial charge in [-0.15, -0.1) is 0 Å². The first-order chi connectivity index (χ1) is 14.9. The van der Waals surface area contributed by atoms with Gasteiger partial charge in [0.2, 0.25) is 0 Å². The van der Waals surface area contributed by atoms with Crippen molar-refractivity contribution in [2.75, 3.05) is 7.11 Å². The number of nitrogens with zero attached hydrogens (tertiary/aromatic N) is 3. The highest BCUT2D eigenvalue weighted by Crippen LogP contribution is 2.20. The first kappa shape index (κ1) is 22.2. The van der Waals surface area contributed by atoms with Gasteiger partial charge in [0.25, 0.3) is 5.91 Å². The number of methoxy groups -OCH3 is 1. The van der Waals surface area contributed by atoms with Crippen LogP contribution in [0.3, 0.4) is 0 Å². The quantitative estimate of drug-likeness (QED) is 0.239. The van der Waals surface area contributed by atoms with Crippen LogP contribution in [0.25, 0.3) is 0 Å². The van der Waals surface area contributed by atoms with Crippen molar-refractivity contribution in [3.05, 3.63) is 75.5 Å². The average Bonchev–Trinajstić information content (AvgIpc) is 3.01. The second-order valence-corrected chi connectivity index (χ2v) is 7.39. The zero-order valence-corrected chi connectivity index (χ0v) is 18.8. The van der Waals surface area contributed by atoms with Crippen LogP contribution in [0, 0.1) is 13.8 Å². The summed E-state index contributed by atoms with van der Waals surface area (Å²) in [5.74, 6) is 0.0107. The number of hydrogen-bond acceptors (Lipinski definition) is 6. The molecule has 0 aliphatic carbocycles. The highest BCUT2D eigenvalue weighted by atomic mass is 79.9. The van der Waals surface area contributed by atoms with Crippen molar-refractivity contribution in [1.82, 2.24) is 15.2 Å². The molecule has 31 heavy (non-hydrogen) atoms. The number of hydrogen-bond donors (Lipinski definition) is 1. The van der Waals surface area contributed by atoms with Gasteiger partial charge in [0.15, 0.2) is 0 Å². The van der Waals surface area contributed by atoms with Gasteiger partial charge in [-0.3, -0.25) is 9.48 Å². The van der Waals surface area contributed by atoms with Crippen molar-refractivity contribution in [3.8, 4) is 11.5 Å². The maximum absolute atomic E-state index is 12.5. The van der Waals surface area contributed by atoms with E-state index in [0.29, 0.717) is 22.6 Å². The summed E-state index contributed by atoms with van der Waals surface area (Å²) in [7, 11) is 1.53. The standard InChI is InChI=1S/C22H21BrN4O4/c1-14-21(23)15(2)27(26-14)13-20(28)25-24-12-17-7-4-5-10-19(17)31-22(29)16-8-6-9-18(11-16)30-3/h4-12H,13H2,1-3H3,(H,25,28)/b24-12+. The predicted molar refractivity (Wildman–Crippen MR) is 120 cm³/mol. The number of benzene rings is 2. The predicted octanol–water partition coefficient (Wildman–Crippen LogP) is 3.64. The molecule has 0 unspecified atom stereocenters. The van der Waals surface area contributed by atoms with Gasteiger partial charge < -0.3 is 9.47 Å². The molecule has 0 saturated heterocycles. The molecule has 0 aliphatic heterocycles. The fraction of sp³-hybridized carbons (Fsp3) is 0.182. The first-order valence-corrected chi connectivity index (χ1v) is 10.1. The number of nitrogens with one attached hydrogen (secondary N) is 1. The Morgan fingerprint density at radius 1 is 1.19 bits per heavy atom. The second kappa shape index (κ2) is 10.0. The van der Waals surface area contributed by atoms with Gasteiger partial charge in [0.1, 0.15) is 18.0 Å². The third kappa shape index (κ3) is 5.58. The van der Waals surface area contributed by atoms with Crippen molar-refractivity contribution in [2.24, 2.45) is 5.10 Å². The molecule has 0 aliphatic rings. The number of aromatic nitrogens is 2. The van der Waals surface area contributed by atoms with E-state index >= 15 is 0 Å². The van der Waals surface area contributed by atoms with Gasteiger partial charge in [-0.05, 0) is 60.1 Å². The molecule has 3 rings (SSSR count). The third-order valence-electron chi connectivity index (χ3n) is 4.41. The van der Waals surface area contributed by atoms with Gasteiger partial charge in [-0.2, -0.15) is 10.2 Å². The first-order valence-electron chi connectivity index (χ1n) is 9.35. The fourth-order valence-electron chi connectivity index (χ4n) is 2.76. The monoisotopic (exact) mass is 484 g/mol. The number of hydrazone groups is 1. The lowest BCUT2D eigenvalue weighted by molar-refractivity contribution is -0.121. The molecular formula is C22H21BrN4O4. The lowest BCUT2D eigenvalue weighted by Gasteiger charge is -2.08. The molecule has 0 spiro atoms. The molecule has 1 aromatic heterocycles. The summed E-state index contributed by atoms with van der Waals surface area (Å²) in [6.45, 7) is 3.75. The normalized spacial score (nSPS) is 10.8. The molecule has 8 nitrogen and oxygen atoms in total. The summed E-state index contributed by atoms with van der Waals surface area (Å²) in [6.07, 6.45) is 1.42. The van der Waals surface area contributed by atoms with Crippen molar-refractivity contribution < 1.29 is 19.1 Å². The number of para-hydroxylation sites is 1. The van der Waals surface area contributed by atoms with Crippen LogP contribution < -0.4 is 14.9 Å². The molecule has 0 fully saturated rings. The molecule has 0 bridgehead atoms. The van der Waals surface area contributed by atoms with Crippen molar-refractivity contribution >= 4 is 34.0 Å². The highest BCUT2D eigenvalue weighted by Gasteiger charge is 2.13. The van der Waals surface area contributed by atoms with Gasteiger partial charge in [-0.25, -0.2) is 10.2 Å². The molecule has 1 amide bonds. The SMILES string of the molecule is COc1cccc(C(=O)Oc2ccccc2/C=N/NC(=O)Cn2nc(C)c(Br)c2C)c1. The van der Waals surface area contributed by atoms with Crippen molar-refractivity contribution in [2.45, 2.75) is 20.4 Å². The second-order valence-electron chi connectivity index (χ2n) is 6.59. The number of ether oxygens (including phenoxy) is 2. The van der Waals surface area contributed by atoms with E-state index in [2.05, 4.69) is 31.6 Å². The number of amides is 1. The summed E-state index contributed by atoms with van der Waals surface area (Å²) in [6, 6.07) is 13.6. The Balaban J connectivity index is 1.65. The Hall–Kier alpha value is -3.46. The van der Waals surface area contributed by atoms with Crippen LogP contribution in [0.5, 0.6) is 11.5 Å². The zero-order valence-electron chi connectivity index (χ0n) is 17.3. The molecule has 0 atom stereocenters. The van der Waals surface area contributed by atoms with Crippen LogP contribution >= 0.6 is 15.9 Å². The van der Waals surface area contributed by atoms with Crippen LogP contribution in [0.4, 0.5) is 0 Å². The summed E-state index contributed by atoms with van der Waals surface area (Å²) < 4.78 is 13.1. The lowest BCUT2D eigenvalue weighted by Crippen LogP contribution is -2.24. The maximum atomic E-state index is 12.5. The Morgan fingerprint density at radius 2 is 1.97 bits per heavy atom. The van der Waals surface area contributed by atoms with Gasteiger partial charge in [0, 0.05) is 5.56 Å². The Bertz CT molecular complexity index is 1140. The number of esters is 1. The highest BCUT2D eigenvalue weighted by molar-refractivity contribution is 9.10. The van der Waals surface area contributed by atoms with Crippen LogP contribution in [-0.2, 0) is 11.3 Å². The van der Waals surface area contributed by atoms with Crippen molar-refractivity contribution in [3.63, 3.8) is 0 Å². The van der Waals surface area contributed by atoms with E-state index < -0.39 is 5.97 Å². The third-order valence-corrected chi connectivity index (χ3v) is 5.55. The number of carbonyl (C=O) groups excluding carboxylic acids is 2. The van der Waals surface area contributed by atoms with Crippen LogP contribution in [0.2, 0.25) is 0 Å². The molecule has 9 heteroatoms. The fourth-order valence-corrected chi connectivity index (χ4v) is 3.05. The van der Waals surface area contributed by atoms with Gasteiger partial charge >= 0.3 is 5.97 Å². The summed E-state index contributed by atoms with van der Waals surface area (Å²) in [5.41, 5.74) is 5.01. The van der Waals surface area contributed by atoms with E-state index in [1.54, 1.807) is 53.2 Å². The average molecular weight is 485 g/mol. The van der Waals surface area contributed by atoms with Crippen LogP contribution in [-0.4, -0.2) is 35.0 Å². The zero-order chi connectivity index (χ0) is 22.4. The van der Waals surface area contributed by atoms with Crippen LogP contribution in [0.1, 0.15) is 27.3 Å². The Kier molecular flexibility index (Phi) is 7.19. The number of halogens is 1. The van der Waals surface area contributed by atoms with E-state index in [1.165, 1.54) is 13.3 Å². The topological polar surface area (TPSA) is 94.8 Å². The maximum Gasteiger partial charge on any atom is 0.343 e. The van der Waals surface area contributed by atoms with E-state index in [4.69, 9.17) is 9.47 Å². The summed E-state index contributed by atoms with van der Waals surface area (Å²) in [4.78, 5) is 24.7. The summed E-state index contributed by atoms with van der Waals surface area (Å²) >= 11 is 3.43. The molecule has 1 N–H and O–H groups in total. The number of carbonyl (C=O) groups is 2. The molecule has 1 heterocycles. The van der Waals surface area contributed by atoms with E-state index in [1.807, 2.05) is 13.8 Å². The Labute approximate surface area is 188 Å². The minimum absolute atomic E-state index is 0.0298. The minimum atomic E-state index is -0.529. The van der Waals surface area contributed by atoms with Gasteiger partial charge in [-0.1, -0.05) is 18.2 Å². The van der Waals surface area contributed by atoms with E-state index in [9.17, 15) is 9.59 Å². The Morgan fingerprint density at radius 3 is 2.68 bits per heavy atom. The minimum Gasteiger partial charge on any atom is -0.497 e. The molecule has 2 aromatic carbocycles. The molecule has 0 saturated carbocycles. The molecule has 3 aromatic rings. The number of rotatable bonds is 7.